The van der Waals surface area contributed by atoms with Crippen LogP contribution in [0.3, 0.4) is 0 Å². The number of carboxylic acid groups (broad SMARTS) is 2. The molecule has 4 heterocycles. The van der Waals surface area contributed by atoms with Crippen LogP contribution in [-0.4, -0.2) is 351 Å². The second kappa shape index (κ2) is 58.6. The number of carbonyl (C=O) groups excluding carboxylic acids is 7. The van der Waals surface area contributed by atoms with Gasteiger partial charge in [0.05, 0.1) is 187 Å². The van der Waals surface area contributed by atoms with Crippen LogP contribution in [0.25, 0.3) is 22.3 Å². The number of carboxylic acids is 2. The van der Waals surface area contributed by atoms with Crippen LogP contribution >= 0.6 is 0 Å². The van der Waals surface area contributed by atoms with Gasteiger partial charge in [0, 0.05) is 52.0 Å². The van der Waals surface area contributed by atoms with Gasteiger partial charge >= 0.3 is 17.9 Å². The standard InChI is InChI=1S/C91H117F5N12O32/c92-75-76(93)78(95)84(79(96)77(75)94)138-74(120)24-28-128-30-32-130-34-35-131-33-31-129-29-25-97-87(123)64(14-7-8-26-107-50-62(103-105-107)54-134-38-36-132-40-42-136-90(88(124)125)46-65(111)80(101-72(118)52-109)85(139-90)82(121)67(113)48-98-70(116)44-56-16-20-60(21-17-56)58-10-3-1-4-11-58)100-69(115)15-9-27-108-51-63(104-106-108)55-135-39-37-133-41-43-137-91(89(126)127)47-66(112)81(102-73(119)53-110)86(140-91)83(122)68(114)49-99-71(117)45-57-18-22-61(23-19-57)59-12-5-2-6-13-59/h1-6,10-13,16-23,50-51,64-68,80-83,85-86,109-114,121-122H,7-9,14-15,24-49,52-55H2,(H,97,123)(H,98,116)(H,99,117)(H,100,115)(H,101,118)(H,102,119)(H,124,125)(H,126,127)/t64-,65-,66-,67+,68+,80+,81+,82+,83+,85+,86+,90+,91+/m0/s1. The van der Waals surface area contributed by atoms with Crippen LogP contribution in [0.15, 0.2) is 122 Å². The molecule has 0 unspecified atom stereocenters. The van der Waals surface area contributed by atoms with Crippen molar-refractivity contribution >= 4 is 53.4 Å². The van der Waals surface area contributed by atoms with Crippen molar-refractivity contribution in [2.75, 3.05) is 139 Å². The molecule has 0 bridgehead atoms. The molecule has 2 aromatic heterocycles. The zero-order chi connectivity index (χ0) is 101. The molecule has 0 aliphatic carbocycles. The van der Waals surface area contributed by atoms with E-state index in [2.05, 4.69) is 57.3 Å². The summed E-state index contributed by atoms with van der Waals surface area (Å²) in [7, 11) is 0. The topological polar surface area (TPSA) is 610 Å². The monoisotopic (exact) mass is 1980 g/mol. The highest BCUT2D eigenvalue weighted by atomic mass is 19.2. The Morgan fingerprint density at radius 1 is 0.443 bits per heavy atom. The lowest BCUT2D eigenvalue weighted by Gasteiger charge is -2.46. The molecule has 5 aromatic carbocycles. The molecule has 16 N–H and O–H groups in total. The average Bonchev–Trinajstić information content (AvgIpc) is 0.777. The predicted molar refractivity (Wildman–Crippen MR) is 472 cm³/mol. The molecular formula is C91H117F5N12O32. The number of carbonyl (C=O) groups is 9. The number of aliphatic hydroxyl groups is 8. The Hall–Kier alpha value is -11.5. The first-order valence-corrected chi connectivity index (χ1v) is 44.9. The predicted octanol–water partition coefficient (Wildman–Crippen LogP) is -0.711. The number of nitrogens with one attached hydrogen (secondary N) is 6. The van der Waals surface area contributed by atoms with E-state index in [9.17, 15) is 116 Å². The molecule has 0 spiro atoms. The fraction of sp³-hybridized carbons (Fsp3) is 0.527. The number of benzene rings is 5. The number of aliphatic hydroxyl groups excluding tert-OH is 8. The number of aliphatic carboxylic acids is 2. The van der Waals surface area contributed by atoms with Crippen molar-refractivity contribution in [1.82, 2.24) is 61.9 Å². The van der Waals surface area contributed by atoms with Gasteiger partial charge < -0.3 is 145 Å². The van der Waals surface area contributed by atoms with Crippen LogP contribution in [0.5, 0.6) is 5.75 Å². The summed E-state index contributed by atoms with van der Waals surface area (Å²) in [6, 6.07) is 29.4. The molecule has 0 saturated carbocycles. The van der Waals surface area contributed by atoms with E-state index in [1.807, 2.05) is 84.9 Å². The maximum atomic E-state index is 13.9. The molecule has 6 amide bonds. The minimum Gasteiger partial charge on any atom is -0.477 e. The Morgan fingerprint density at radius 3 is 1.25 bits per heavy atom. The zero-order valence-corrected chi connectivity index (χ0v) is 76.2. The Balaban J connectivity index is 0.670. The highest BCUT2D eigenvalue weighted by molar-refractivity contribution is 5.88. The van der Waals surface area contributed by atoms with E-state index in [1.54, 1.807) is 41.3 Å². The Labute approximate surface area is 798 Å². The number of hydrogen-bond acceptors (Lipinski definition) is 34. The first-order chi connectivity index (χ1) is 67.4. The van der Waals surface area contributed by atoms with Crippen LogP contribution in [0, 0.1) is 29.1 Å². The maximum Gasteiger partial charge on any atom is 0.364 e. The second-order valence-electron chi connectivity index (χ2n) is 32.1. The number of esters is 1. The van der Waals surface area contributed by atoms with Crippen LogP contribution in [0.1, 0.15) is 73.9 Å². The lowest BCUT2D eigenvalue weighted by Crippen LogP contribution is -2.68. The van der Waals surface area contributed by atoms with E-state index in [4.69, 9.17) is 56.8 Å². The summed E-state index contributed by atoms with van der Waals surface area (Å²) in [4.78, 5) is 115. The van der Waals surface area contributed by atoms with E-state index in [0.29, 0.717) is 41.9 Å². The third-order valence-corrected chi connectivity index (χ3v) is 21.7. The fourth-order valence-electron chi connectivity index (χ4n) is 14.4. The van der Waals surface area contributed by atoms with Gasteiger partial charge in [-0.15, -0.1) is 10.2 Å². The minimum absolute atomic E-state index is 0.00189. The normalized spacial score (nSPS) is 19.1. The molecule has 0 radical (unpaired) electrons. The number of hydrogen-bond donors (Lipinski definition) is 16. The van der Waals surface area contributed by atoms with Gasteiger partial charge in [0.15, 0.2) is 0 Å². The van der Waals surface area contributed by atoms with E-state index < -0.39 is 225 Å². The summed E-state index contributed by atoms with van der Waals surface area (Å²) in [5, 5.41) is 139. The quantitative estimate of drug-likeness (QED) is 0.00559. The molecule has 13 atom stereocenters. The summed E-state index contributed by atoms with van der Waals surface area (Å²) < 4.78 is 142. The average molecular weight is 1990 g/mol. The molecule has 2 aliphatic heterocycles. The molecule has 9 rings (SSSR count). The van der Waals surface area contributed by atoms with Gasteiger partial charge in [-0.05, 0) is 59.1 Å². The summed E-state index contributed by atoms with van der Waals surface area (Å²) >= 11 is 0. The second-order valence-corrected chi connectivity index (χ2v) is 32.1. The van der Waals surface area contributed by atoms with Crippen molar-refractivity contribution in [1.29, 1.82) is 0 Å². The van der Waals surface area contributed by atoms with Crippen molar-refractivity contribution in [3.8, 4) is 28.0 Å². The number of halogens is 5. The number of nitrogens with zero attached hydrogens (tertiary/aromatic N) is 6. The first kappa shape index (κ1) is 112. The number of aromatic nitrogens is 6. The molecule has 2 saturated heterocycles. The van der Waals surface area contributed by atoms with Crippen molar-refractivity contribution in [2.45, 2.75) is 169 Å². The number of unbranched alkanes of at least 4 members (excludes halogenated alkanes) is 1. The van der Waals surface area contributed by atoms with Crippen LogP contribution in [0.4, 0.5) is 22.0 Å². The van der Waals surface area contributed by atoms with E-state index >= 15 is 0 Å². The molecule has 2 fully saturated rings. The van der Waals surface area contributed by atoms with Crippen molar-refractivity contribution in [3.63, 3.8) is 0 Å². The molecular weight excluding hydrogens is 1870 g/mol. The Kier molecular flexibility index (Phi) is 46.9. The van der Waals surface area contributed by atoms with Gasteiger partial charge in [0.1, 0.15) is 55.1 Å². The van der Waals surface area contributed by atoms with E-state index in [0.717, 1.165) is 22.3 Å². The van der Waals surface area contributed by atoms with Gasteiger partial charge in [0.2, 0.25) is 70.3 Å². The zero-order valence-electron chi connectivity index (χ0n) is 76.2. The smallest absolute Gasteiger partial charge is 0.364 e. The summed E-state index contributed by atoms with van der Waals surface area (Å²) in [5.74, 6) is -27.5. The van der Waals surface area contributed by atoms with Crippen molar-refractivity contribution in [3.05, 3.63) is 173 Å². The van der Waals surface area contributed by atoms with E-state index in [-0.39, 0.29) is 151 Å². The highest BCUT2D eigenvalue weighted by Gasteiger charge is 2.58. The molecule has 140 heavy (non-hydrogen) atoms. The Bertz CT molecular complexity index is 5000. The first-order valence-electron chi connectivity index (χ1n) is 44.9. The van der Waals surface area contributed by atoms with Gasteiger partial charge in [-0.2, -0.15) is 8.78 Å². The summed E-state index contributed by atoms with van der Waals surface area (Å²) in [6.07, 6.45) is -13.0. The van der Waals surface area contributed by atoms with Crippen LogP contribution < -0.4 is 36.6 Å². The van der Waals surface area contributed by atoms with Crippen LogP contribution in [0.2, 0.25) is 0 Å². The number of rotatable bonds is 65. The Morgan fingerprint density at radius 2 is 0.829 bits per heavy atom. The van der Waals surface area contributed by atoms with Crippen LogP contribution in [-0.2, 0) is 139 Å². The third kappa shape index (κ3) is 35.9. The lowest BCUT2D eigenvalue weighted by atomic mass is 9.88. The number of ether oxygens (including phenoxy) is 13. The highest BCUT2D eigenvalue weighted by Crippen LogP contribution is 2.37. The largest absolute Gasteiger partial charge is 0.477 e. The van der Waals surface area contributed by atoms with Gasteiger partial charge in [-0.3, -0.25) is 42.9 Å². The van der Waals surface area contributed by atoms with Crippen molar-refractivity contribution < 1.29 is 178 Å². The lowest BCUT2D eigenvalue weighted by molar-refractivity contribution is -0.312. The number of amides is 6. The van der Waals surface area contributed by atoms with Gasteiger partial charge in [-0.1, -0.05) is 120 Å². The molecule has 44 nitrogen and oxygen atoms in total. The third-order valence-electron chi connectivity index (χ3n) is 21.7. The van der Waals surface area contributed by atoms with Gasteiger partial charge in [0.25, 0.3) is 11.6 Å². The minimum atomic E-state index is -2.65. The molecule has 2 aliphatic rings. The molecule has 49 heteroatoms. The molecule has 7 aromatic rings. The maximum absolute atomic E-state index is 13.9. The van der Waals surface area contributed by atoms with Crippen molar-refractivity contribution in [2.24, 2.45) is 0 Å². The summed E-state index contributed by atoms with van der Waals surface area (Å²) in [5.41, 5.74) is 5.91. The fourth-order valence-corrected chi connectivity index (χ4v) is 14.4. The van der Waals surface area contributed by atoms with Gasteiger partial charge in [-0.25, -0.2) is 22.8 Å². The molecule has 768 valence electrons. The SMILES string of the molecule is O=C(Cc1ccc(-c2ccccc2)cc1)NC[C@@H](O)[C@@H](O)[C@@H]1O[C@@](OCCOCCOCc2cn(CCCC[C@H](NC(=O)CCCn3cc(COCCOCCO[C@]4(C(=O)O)C[C@H](O)[C@@H](NC(=O)CO)[C@H]([C@H](O)[C@H](O)CNC(=O)Cc5ccc(-c6ccccc6)cc5)O4)nn3)C(=O)NCCOCCOCCOCCOCCC(=O)Oc3c(F)c(F)c(F)c(F)c3F)nn2)(C(=O)O)C[C@H](O)[C@H]1NC(=O)CO. The summed E-state index contributed by atoms with van der Waals surface area (Å²) in [6.45, 7) is -3.99. The van der Waals surface area contributed by atoms with E-state index in [1.165, 1.54) is 4.68 Å². The number of aryl methyl sites for hydroxylation is 2.